The van der Waals surface area contributed by atoms with Gasteiger partial charge < -0.3 is 5.73 Å². The van der Waals surface area contributed by atoms with Crippen molar-refractivity contribution in [1.82, 2.24) is 9.97 Å². The van der Waals surface area contributed by atoms with Gasteiger partial charge >= 0.3 is 0 Å². The minimum atomic E-state index is -0.556. The van der Waals surface area contributed by atoms with Crippen LogP contribution in [-0.4, -0.2) is 9.97 Å². The zero-order chi connectivity index (χ0) is 12.4. The lowest BCUT2D eigenvalue weighted by Gasteiger charge is -2.05. The molecule has 1 heterocycles. The number of aromatic nitrogens is 2. The molecule has 5 heteroatoms. The van der Waals surface area contributed by atoms with Gasteiger partial charge in [0.25, 0.3) is 0 Å². The molecular formula is C12H11ClFN3. The van der Waals surface area contributed by atoms with Crippen molar-refractivity contribution in [3.63, 3.8) is 0 Å². The van der Waals surface area contributed by atoms with E-state index in [0.717, 1.165) is 5.56 Å². The Kier molecular flexibility index (Phi) is 3.24. The number of hydrogen-bond donors (Lipinski definition) is 1. The highest BCUT2D eigenvalue weighted by atomic mass is 35.5. The zero-order valence-corrected chi connectivity index (χ0v) is 10.0. The summed E-state index contributed by atoms with van der Waals surface area (Å²) in [5, 5.41) is 0.648. The summed E-state index contributed by atoms with van der Waals surface area (Å²) in [7, 11) is 0. The first kappa shape index (κ1) is 11.8. The van der Waals surface area contributed by atoms with Crippen LogP contribution in [0, 0.1) is 12.7 Å². The molecule has 0 bridgehead atoms. The number of rotatable bonds is 2. The second-order valence-electron chi connectivity index (χ2n) is 3.73. The first-order valence-corrected chi connectivity index (χ1v) is 5.47. The highest BCUT2D eigenvalue weighted by molar-refractivity contribution is 6.30. The van der Waals surface area contributed by atoms with Gasteiger partial charge in [-0.05, 0) is 24.6 Å². The molecule has 88 valence electrons. The maximum Gasteiger partial charge on any atom is 0.186 e. The van der Waals surface area contributed by atoms with Crippen molar-refractivity contribution in [1.29, 1.82) is 0 Å². The Balaban J connectivity index is 2.31. The summed E-state index contributed by atoms with van der Waals surface area (Å²) in [6.45, 7) is 1.56. The summed E-state index contributed by atoms with van der Waals surface area (Å²) >= 11 is 5.87. The van der Waals surface area contributed by atoms with E-state index in [1.807, 2.05) is 18.2 Å². The molecule has 0 aliphatic rings. The molecule has 0 saturated heterocycles. The predicted octanol–water partition coefficient (Wildman–Crippen LogP) is 2.75. The van der Waals surface area contributed by atoms with Gasteiger partial charge in [-0.2, -0.15) is 0 Å². The predicted molar refractivity (Wildman–Crippen MR) is 65.4 cm³/mol. The van der Waals surface area contributed by atoms with Crippen LogP contribution in [0.1, 0.15) is 17.1 Å². The molecule has 1 aromatic heterocycles. The van der Waals surface area contributed by atoms with E-state index in [9.17, 15) is 4.39 Å². The first-order valence-electron chi connectivity index (χ1n) is 5.09. The van der Waals surface area contributed by atoms with Crippen molar-refractivity contribution in [2.45, 2.75) is 13.3 Å². The van der Waals surface area contributed by atoms with Crippen molar-refractivity contribution in [2.75, 3.05) is 5.73 Å². The van der Waals surface area contributed by atoms with Crippen molar-refractivity contribution >= 4 is 17.4 Å². The molecule has 0 spiro atoms. The van der Waals surface area contributed by atoms with Gasteiger partial charge in [-0.1, -0.05) is 23.7 Å². The van der Waals surface area contributed by atoms with E-state index in [1.165, 1.54) is 0 Å². The Morgan fingerprint density at radius 1 is 1.35 bits per heavy atom. The fraction of sp³-hybridized carbons (Fsp3) is 0.167. The minimum absolute atomic E-state index is 0.116. The third-order valence-corrected chi connectivity index (χ3v) is 2.58. The van der Waals surface area contributed by atoms with Gasteiger partial charge in [-0.25, -0.2) is 14.4 Å². The third-order valence-electron chi connectivity index (χ3n) is 2.34. The quantitative estimate of drug-likeness (QED) is 0.893. The van der Waals surface area contributed by atoms with Crippen LogP contribution in [-0.2, 0) is 6.42 Å². The smallest absolute Gasteiger partial charge is 0.186 e. The van der Waals surface area contributed by atoms with E-state index < -0.39 is 5.82 Å². The molecule has 0 atom stereocenters. The molecule has 0 radical (unpaired) electrons. The van der Waals surface area contributed by atoms with Gasteiger partial charge in [-0.15, -0.1) is 0 Å². The second-order valence-corrected chi connectivity index (χ2v) is 4.17. The molecular weight excluding hydrogens is 241 g/mol. The number of nitrogens with zero attached hydrogens (tertiary/aromatic N) is 2. The zero-order valence-electron chi connectivity index (χ0n) is 9.24. The van der Waals surface area contributed by atoms with Crippen molar-refractivity contribution in [2.24, 2.45) is 0 Å². The van der Waals surface area contributed by atoms with Crippen LogP contribution >= 0.6 is 11.6 Å². The topological polar surface area (TPSA) is 51.8 Å². The van der Waals surface area contributed by atoms with Crippen LogP contribution in [0.5, 0.6) is 0 Å². The molecule has 0 aliphatic carbocycles. The molecule has 3 nitrogen and oxygen atoms in total. The number of aryl methyl sites for hydroxylation is 1. The van der Waals surface area contributed by atoms with Crippen molar-refractivity contribution < 1.29 is 4.39 Å². The largest absolute Gasteiger partial charge is 0.381 e. The lowest BCUT2D eigenvalue weighted by molar-refractivity contribution is 0.603. The highest BCUT2D eigenvalue weighted by Crippen LogP contribution is 2.15. The van der Waals surface area contributed by atoms with Gasteiger partial charge in [0, 0.05) is 11.4 Å². The van der Waals surface area contributed by atoms with E-state index in [1.54, 1.807) is 13.0 Å². The lowest BCUT2D eigenvalue weighted by Crippen LogP contribution is -2.06. The molecule has 2 N–H and O–H groups in total. The SMILES string of the molecule is Cc1nc(Cc2cccc(Cl)c2)nc(N)c1F. The Morgan fingerprint density at radius 3 is 2.76 bits per heavy atom. The monoisotopic (exact) mass is 251 g/mol. The molecule has 0 unspecified atom stereocenters. The van der Waals surface area contributed by atoms with Crippen LogP contribution in [0.2, 0.25) is 5.02 Å². The molecule has 0 fully saturated rings. The minimum Gasteiger partial charge on any atom is -0.381 e. The van der Waals surface area contributed by atoms with Crippen molar-refractivity contribution in [3.8, 4) is 0 Å². The molecule has 2 rings (SSSR count). The van der Waals surface area contributed by atoms with E-state index in [-0.39, 0.29) is 11.5 Å². The lowest BCUT2D eigenvalue weighted by atomic mass is 10.1. The second kappa shape index (κ2) is 4.67. The highest BCUT2D eigenvalue weighted by Gasteiger charge is 2.08. The number of hydrogen-bond acceptors (Lipinski definition) is 3. The summed E-state index contributed by atoms with van der Waals surface area (Å²) in [5.41, 5.74) is 6.67. The Bertz CT molecular complexity index is 534. The third kappa shape index (κ3) is 2.71. The normalized spacial score (nSPS) is 10.5. The summed E-state index contributed by atoms with van der Waals surface area (Å²) in [5.74, 6) is -0.182. The number of benzene rings is 1. The van der Waals surface area contributed by atoms with E-state index in [0.29, 0.717) is 17.3 Å². The number of anilines is 1. The van der Waals surface area contributed by atoms with Gasteiger partial charge in [0.05, 0.1) is 5.69 Å². The average molecular weight is 252 g/mol. The van der Waals surface area contributed by atoms with E-state index in [2.05, 4.69) is 9.97 Å². The van der Waals surface area contributed by atoms with Crippen LogP contribution in [0.15, 0.2) is 24.3 Å². The molecule has 0 saturated carbocycles. The van der Waals surface area contributed by atoms with Gasteiger partial charge in [0.15, 0.2) is 11.6 Å². The molecule has 17 heavy (non-hydrogen) atoms. The van der Waals surface area contributed by atoms with Gasteiger partial charge in [-0.3, -0.25) is 0 Å². The van der Waals surface area contributed by atoms with E-state index in [4.69, 9.17) is 17.3 Å². The fourth-order valence-electron chi connectivity index (χ4n) is 1.55. The van der Waals surface area contributed by atoms with E-state index >= 15 is 0 Å². The van der Waals surface area contributed by atoms with Crippen LogP contribution in [0.4, 0.5) is 10.2 Å². The molecule has 0 amide bonds. The maximum absolute atomic E-state index is 13.2. The van der Waals surface area contributed by atoms with Crippen LogP contribution in [0.25, 0.3) is 0 Å². The van der Waals surface area contributed by atoms with Crippen molar-refractivity contribution in [3.05, 3.63) is 52.2 Å². The Labute approximate surface area is 103 Å². The summed E-state index contributed by atoms with van der Waals surface area (Å²) < 4.78 is 13.2. The van der Waals surface area contributed by atoms with Gasteiger partial charge in [0.2, 0.25) is 0 Å². The van der Waals surface area contributed by atoms with Crippen LogP contribution in [0.3, 0.4) is 0 Å². The number of nitrogen functional groups attached to an aromatic ring is 1. The summed E-state index contributed by atoms with van der Waals surface area (Å²) in [6, 6.07) is 7.36. The summed E-state index contributed by atoms with van der Waals surface area (Å²) in [4.78, 5) is 7.96. The Hall–Kier alpha value is -1.68. The maximum atomic E-state index is 13.2. The molecule has 1 aromatic carbocycles. The average Bonchev–Trinajstić information content (AvgIpc) is 2.26. The number of halogens is 2. The summed E-state index contributed by atoms with van der Waals surface area (Å²) in [6.07, 6.45) is 0.478. The molecule has 0 aliphatic heterocycles. The first-order chi connectivity index (χ1) is 8.06. The standard InChI is InChI=1S/C12H11ClFN3/c1-7-11(14)12(15)17-10(16-7)6-8-3-2-4-9(13)5-8/h2-5H,6H2,1H3,(H2,15,16,17). The van der Waals surface area contributed by atoms with Gasteiger partial charge in [0.1, 0.15) is 5.82 Å². The fourth-order valence-corrected chi connectivity index (χ4v) is 1.76. The Morgan fingerprint density at radius 2 is 2.12 bits per heavy atom. The van der Waals surface area contributed by atoms with Crippen LogP contribution < -0.4 is 5.73 Å². The molecule has 2 aromatic rings. The number of nitrogens with two attached hydrogens (primary N) is 1.